The highest BCUT2D eigenvalue weighted by molar-refractivity contribution is 5.94. The second kappa shape index (κ2) is 6.44. The molecule has 4 rings (SSSR count). The van der Waals surface area contributed by atoms with Crippen LogP contribution in [0.4, 0.5) is 5.95 Å². The highest BCUT2D eigenvalue weighted by Gasteiger charge is 2.37. The number of hydrogen-bond donors (Lipinski definition) is 3. The molecule has 8 heteroatoms. The SMILES string of the molecule is O=C(NCC1(O)CCN(c2ncccn2)C1)c1n[nH]c2c1CCCC2. The van der Waals surface area contributed by atoms with Gasteiger partial charge in [-0.15, -0.1) is 0 Å². The van der Waals surface area contributed by atoms with Gasteiger partial charge in [0.05, 0.1) is 6.54 Å². The second-order valence-electron chi connectivity index (χ2n) is 6.86. The number of H-pyrrole nitrogens is 1. The van der Waals surface area contributed by atoms with E-state index < -0.39 is 5.60 Å². The minimum Gasteiger partial charge on any atom is -0.386 e. The van der Waals surface area contributed by atoms with Crippen molar-refractivity contribution in [1.29, 1.82) is 0 Å². The molecule has 2 aromatic rings. The zero-order valence-corrected chi connectivity index (χ0v) is 14.0. The quantitative estimate of drug-likeness (QED) is 0.745. The van der Waals surface area contributed by atoms with Gasteiger partial charge in [0.25, 0.3) is 5.91 Å². The van der Waals surface area contributed by atoms with Crippen molar-refractivity contribution in [2.24, 2.45) is 0 Å². The molecule has 25 heavy (non-hydrogen) atoms. The molecular formula is C17H22N6O2. The van der Waals surface area contributed by atoms with Crippen molar-refractivity contribution in [3.8, 4) is 0 Å². The van der Waals surface area contributed by atoms with Crippen LogP contribution in [0, 0.1) is 0 Å². The van der Waals surface area contributed by atoms with E-state index in [1.54, 1.807) is 18.5 Å². The monoisotopic (exact) mass is 342 g/mol. The molecule has 3 N–H and O–H groups in total. The minimum absolute atomic E-state index is 0.191. The van der Waals surface area contributed by atoms with Gasteiger partial charge in [0.2, 0.25) is 5.95 Å². The lowest BCUT2D eigenvalue weighted by Crippen LogP contribution is -2.45. The predicted octanol–water partition coefficient (Wildman–Crippen LogP) is 0.450. The average Bonchev–Trinajstić information content (AvgIpc) is 3.25. The summed E-state index contributed by atoms with van der Waals surface area (Å²) >= 11 is 0. The Hall–Kier alpha value is -2.48. The molecule has 1 unspecified atom stereocenters. The molecule has 1 aliphatic carbocycles. The first-order valence-electron chi connectivity index (χ1n) is 8.73. The van der Waals surface area contributed by atoms with Gasteiger partial charge in [0.15, 0.2) is 5.69 Å². The summed E-state index contributed by atoms with van der Waals surface area (Å²) in [6, 6.07) is 1.76. The number of carbonyl (C=O) groups is 1. The maximum Gasteiger partial charge on any atom is 0.272 e. The van der Waals surface area contributed by atoms with Gasteiger partial charge in [0.1, 0.15) is 5.60 Å². The maximum absolute atomic E-state index is 12.5. The van der Waals surface area contributed by atoms with Gasteiger partial charge in [-0.3, -0.25) is 9.89 Å². The number of β-amino-alcohol motifs (C(OH)–C–C–N with tert-alkyl or cyclic N) is 1. The van der Waals surface area contributed by atoms with Crippen LogP contribution in [0.15, 0.2) is 18.5 Å². The number of fused-ring (bicyclic) bond motifs is 1. The average molecular weight is 342 g/mol. The van der Waals surface area contributed by atoms with Crippen molar-refractivity contribution in [3.63, 3.8) is 0 Å². The number of aromatic nitrogens is 4. The van der Waals surface area contributed by atoms with Crippen LogP contribution in [0.2, 0.25) is 0 Å². The first-order valence-corrected chi connectivity index (χ1v) is 8.73. The molecule has 1 aliphatic heterocycles. The van der Waals surface area contributed by atoms with Gasteiger partial charge in [-0.1, -0.05) is 0 Å². The number of aryl methyl sites for hydroxylation is 1. The minimum atomic E-state index is -0.981. The number of carbonyl (C=O) groups excluding carboxylic acids is 1. The molecule has 8 nitrogen and oxygen atoms in total. The summed E-state index contributed by atoms with van der Waals surface area (Å²) in [6.45, 7) is 1.25. The number of nitrogens with zero attached hydrogens (tertiary/aromatic N) is 4. The van der Waals surface area contributed by atoms with Gasteiger partial charge >= 0.3 is 0 Å². The van der Waals surface area contributed by atoms with E-state index in [1.165, 1.54) is 0 Å². The van der Waals surface area contributed by atoms with E-state index in [4.69, 9.17) is 0 Å². The van der Waals surface area contributed by atoms with Crippen LogP contribution in [0.3, 0.4) is 0 Å². The third-order valence-electron chi connectivity index (χ3n) is 5.02. The van der Waals surface area contributed by atoms with Crippen LogP contribution in [-0.2, 0) is 12.8 Å². The number of hydrogen-bond acceptors (Lipinski definition) is 6. The first kappa shape index (κ1) is 16.0. The summed E-state index contributed by atoms with van der Waals surface area (Å²) in [5, 5.41) is 20.8. The number of aromatic amines is 1. The van der Waals surface area contributed by atoms with E-state index in [1.807, 2.05) is 4.90 Å². The summed E-state index contributed by atoms with van der Waals surface area (Å²) < 4.78 is 0. The summed E-state index contributed by atoms with van der Waals surface area (Å²) in [4.78, 5) is 22.8. The van der Waals surface area contributed by atoms with Crippen molar-refractivity contribution < 1.29 is 9.90 Å². The Morgan fingerprint density at radius 2 is 2.12 bits per heavy atom. The van der Waals surface area contributed by atoms with Crippen molar-refractivity contribution >= 4 is 11.9 Å². The van der Waals surface area contributed by atoms with E-state index in [-0.39, 0.29) is 12.5 Å². The molecule has 1 saturated heterocycles. The number of amides is 1. The van der Waals surface area contributed by atoms with Crippen molar-refractivity contribution in [2.45, 2.75) is 37.7 Å². The van der Waals surface area contributed by atoms with Crippen LogP contribution >= 0.6 is 0 Å². The molecule has 1 atom stereocenters. The molecule has 0 aromatic carbocycles. The van der Waals surface area contributed by atoms with Crippen LogP contribution in [0.5, 0.6) is 0 Å². The summed E-state index contributed by atoms with van der Waals surface area (Å²) in [6.07, 6.45) is 7.98. The Labute approximate surface area is 145 Å². The van der Waals surface area contributed by atoms with Gasteiger partial charge in [0, 0.05) is 36.7 Å². The molecular weight excluding hydrogens is 320 g/mol. The van der Waals surface area contributed by atoms with Gasteiger partial charge in [-0.2, -0.15) is 5.10 Å². The standard InChI is InChI=1S/C17H22N6O2/c24-15(14-12-4-1-2-5-13(12)21-22-14)20-10-17(25)6-9-23(11-17)16-18-7-3-8-19-16/h3,7-8,25H,1-2,4-6,9-11H2,(H,20,24)(H,21,22). The van der Waals surface area contributed by atoms with E-state index in [2.05, 4.69) is 25.5 Å². The third kappa shape index (κ3) is 3.21. The molecule has 0 bridgehead atoms. The molecule has 0 radical (unpaired) electrons. The largest absolute Gasteiger partial charge is 0.386 e. The lowest BCUT2D eigenvalue weighted by molar-refractivity contribution is 0.0573. The van der Waals surface area contributed by atoms with Gasteiger partial charge in [-0.25, -0.2) is 9.97 Å². The van der Waals surface area contributed by atoms with Crippen LogP contribution in [0.25, 0.3) is 0 Å². The van der Waals surface area contributed by atoms with Crippen LogP contribution < -0.4 is 10.2 Å². The highest BCUT2D eigenvalue weighted by atomic mass is 16.3. The molecule has 1 fully saturated rings. The molecule has 0 saturated carbocycles. The Morgan fingerprint density at radius 3 is 2.96 bits per heavy atom. The normalized spacial score (nSPS) is 22.7. The first-order chi connectivity index (χ1) is 12.1. The molecule has 3 heterocycles. The molecule has 132 valence electrons. The van der Waals surface area contributed by atoms with Crippen LogP contribution in [0.1, 0.15) is 41.0 Å². The fourth-order valence-corrected chi connectivity index (χ4v) is 3.62. The number of aliphatic hydroxyl groups is 1. The van der Waals surface area contributed by atoms with Gasteiger partial charge < -0.3 is 15.3 Å². The molecule has 2 aromatic heterocycles. The van der Waals surface area contributed by atoms with Crippen molar-refractivity contribution in [1.82, 2.24) is 25.5 Å². The van der Waals surface area contributed by atoms with Crippen LogP contribution in [-0.4, -0.2) is 56.4 Å². The third-order valence-corrected chi connectivity index (χ3v) is 5.02. The summed E-state index contributed by atoms with van der Waals surface area (Å²) in [5.41, 5.74) is 1.59. The fraction of sp³-hybridized carbons (Fsp3) is 0.529. The lowest BCUT2D eigenvalue weighted by atomic mass is 9.95. The topological polar surface area (TPSA) is 107 Å². The maximum atomic E-state index is 12.5. The summed E-state index contributed by atoms with van der Waals surface area (Å²) in [5.74, 6) is 0.383. The van der Waals surface area contributed by atoms with E-state index in [0.29, 0.717) is 31.2 Å². The zero-order valence-electron chi connectivity index (χ0n) is 14.0. The Morgan fingerprint density at radius 1 is 1.32 bits per heavy atom. The number of nitrogens with one attached hydrogen (secondary N) is 2. The smallest absolute Gasteiger partial charge is 0.272 e. The highest BCUT2D eigenvalue weighted by Crippen LogP contribution is 2.25. The Kier molecular flexibility index (Phi) is 4.12. The Bertz CT molecular complexity index is 762. The van der Waals surface area contributed by atoms with E-state index in [0.717, 1.165) is 36.9 Å². The predicted molar refractivity (Wildman–Crippen MR) is 91.4 cm³/mol. The second-order valence-corrected chi connectivity index (χ2v) is 6.86. The molecule has 2 aliphatic rings. The number of anilines is 1. The van der Waals surface area contributed by atoms with Crippen molar-refractivity contribution in [3.05, 3.63) is 35.4 Å². The zero-order chi connectivity index (χ0) is 17.3. The molecule has 1 amide bonds. The fourth-order valence-electron chi connectivity index (χ4n) is 3.62. The van der Waals surface area contributed by atoms with E-state index in [9.17, 15) is 9.90 Å². The van der Waals surface area contributed by atoms with Gasteiger partial charge in [-0.05, 0) is 38.2 Å². The molecule has 0 spiro atoms. The van der Waals surface area contributed by atoms with E-state index >= 15 is 0 Å². The number of rotatable bonds is 4. The van der Waals surface area contributed by atoms with Crippen molar-refractivity contribution in [2.75, 3.05) is 24.5 Å². The Balaban J connectivity index is 1.38. The lowest BCUT2D eigenvalue weighted by Gasteiger charge is -2.23. The summed E-state index contributed by atoms with van der Waals surface area (Å²) in [7, 11) is 0.